The molecule has 0 atom stereocenters. The third kappa shape index (κ3) is 5.12. The summed E-state index contributed by atoms with van der Waals surface area (Å²) in [6.45, 7) is 3.24. The number of rotatable bonds is 6. The topological polar surface area (TPSA) is 70.5 Å². The molecule has 0 aliphatic rings. The molecule has 1 rings (SSSR count). The van der Waals surface area contributed by atoms with Gasteiger partial charge in [0, 0.05) is 31.9 Å². The summed E-state index contributed by atoms with van der Waals surface area (Å²) < 4.78 is 25.1. The number of aromatic nitrogens is 1. The SMILES string of the molecule is CN(CC(C)(C)O)S(=O)(=O)CCc1ccccn1. The third-order valence-corrected chi connectivity index (χ3v) is 4.23. The van der Waals surface area contributed by atoms with E-state index in [1.165, 1.54) is 11.4 Å². The first-order valence-electron chi connectivity index (χ1n) is 5.77. The third-order valence-electron chi connectivity index (χ3n) is 2.43. The summed E-state index contributed by atoms with van der Waals surface area (Å²) in [5.41, 5.74) is -0.287. The molecular formula is C12H20N2O3S. The van der Waals surface area contributed by atoms with Gasteiger partial charge in [-0.1, -0.05) is 6.07 Å². The van der Waals surface area contributed by atoms with Crippen molar-refractivity contribution in [3.63, 3.8) is 0 Å². The summed E-state index contributed by atoms with van der Waals surface area (Å²) in [5, 5.41) is 9.62. The predicted octanol–water partition coefficient (Wildman–Crippen LogP) is 0.657. The smallest absolute Gasteiger partial charge is 0.214 e. The van der Waals surface area contributed by atoms with Crippen LogP contribution in [0.1, 0.15) is 19.5 Å². The minimum atomic E-state index is -3.36. The maximum Gasteiger partial charge on any atom is 0.214 e. The number of hydrogen-bond donors (Lipinski definition) is 1. The fourth-order valence-corrected chi connectivity index (χ4v) is 2.87. The number of sulfonamides is 1. The first kappa shape index (κ1) is 15.1. The maximum atomic E-state index is 12.0. The lowest BCUT2D eigenvalue weighted by molar-refractivity contribution is 0.0640. The fraction of sp³-hybridized carbons (Fsp3) is 0.583. The summed E-state index contributed by atoms with van der Waals surface area (Å²) >= 11 is 0. The number of aryl methyl sites for hydroxylation is 1. The van der Waals surface area contributed by atoms with E-state index in [9.17, 15) is 13.5 Å². The molecule has 0 saturated heterocycles. The first-order valence-corrected chi connectivity index (χ1v) is 7.38. The van der Waals surface area contributed by atoms with E-state index in [0.717, 1.165) is 5.69 Å². The Bertz CT molecular complexity index is 466. The molecule has 1 heterocycles. The Balaban J connectivity index is 2.60. The van der Waals surface area contributed by atoms with E-state index in [1.54, 1.807) is 32.2 Å². The zero-order valence-corrected chi connectivity index (χ0v) is 11.8. The van der Waals surface area contributed by atoms with Crippen LogP contribution in [0.15, 0.2) is 24.4 Å². The monoisotopic (exact) mass is 272 g/mol. The highest BCUT2D eigenvalue weighted by Crippen LogP contribution is 2.09. The minimum absolute atomic E-state index is 0.00338. The van der Waals surface area contributed by atoms with E-state index in [0.29, 0.717) is 6.42 Å². The van der Waals surface area contributed by atoms with E-state index >= 15 is 0 Å². The standard InChI is InChI=1S/C12H20N2O3S/c1-12(2,15)10-14(3)18(16,17)9-7-11-6-4-5-8-13-11/h4-6,8,15H,7,9-10H2,1-3H3. The van der Waals surface area contributed by atoms with Crippen molar-refractivity contribution in [2.24, 2.45) is 0 Å². The Morgan fingerprint density at radius 1 is 1.39 bits per heavy atom. The summed E-state index contributed by atoms with van der Waals surface area (Å²) in [5.74, 6) is -0.00338. The molecular weight excluding hydrogens is 252 g/mol. The van der Waals surface area contributed by atoms with Crippen molar-refractivity contribution in [3.05, 3.63) is 30.1 Å². The maximum absolute atomic E-state index is 12.0. The van der Waals surface area contributed by atoms with Crippen molar-refractivity contribution in [2.75, 3.05) is 19.3 Å². The molecule has 6 heteroatoms. The summed E-state index contributed by atoms with van der Waals surface area (Å²) in [6.07, 6.45) is 2.02. The summed E-state index contributed by atoms with van der Waals surface area (Å²) in [6, 6.07) is 5.42. The van der Waals surface area contributed by atoms with E-state index in [1.807, 2.05) is 6.07 Å². The largest absolute Gasteiger partial charge is 0.389 e. The van der Waals surface area contributed by atoms with E-state index in [4.69, 9.17) is 0 Å². The van der Waals surface area contributed by atoms with Crippen molar-refractivity contribution in [1.82, 2.24) is 9.29 Å². The molecule has 0 spiro atoms. The average molecular weight is 272 g/mol. The van der Waals surface area contributed by atoms with Crippen molar-refractivity contribution in [3.8, 4) is 0 Å². The molecule has 0 aliphatic heterocycles. The van der Waals surface area contributed by atoms with Gasteiger partial charge in [-0.2, -0.15) is 0 Å². The molecule has 0 bridgehead atoms. The lowest BCUT2D eigenvalue weighted by atomic mass is 10.1. The molecule has 0 fully saturated rings. The second-order valence-electron chi connectivity index (χ2n) is 4.96. The molecule has 102 valence electrons. The van der Waals surface area contributed by atoms with Crippen LogP contribution in [0.4, 0.5) is 0 Å². The first-order chi connectivity index (χ1) is 8.21. The van der Waals surface area contributed by atoms with Gasteiger partial charge < -0.3 is 5.11 Å². The molecule has 5 nitrogen and oxygen atoms in total. The molecule has 0 saturated carbocycles. The number of nitrogens with zero attached hydrogens (tertiary/aromatic N) is 2. The Labute approximate surface area is 109 Å². The Morgan fingerprint density at radius 3 is 2.56 bits per heavy atom. The average Bonchev–Trinajstić information content (AvgIpc) is 2.26. The highest BCUT2D eigenvalue weighted by atomic mass is 32.2. The van der Waals surface area contributed by atoms with Crippen LogP contribution in [0, 0.1) is 0 Å². The van der Waals surface area contributed by atoms with Gasteiger partial charge in [0.05, 0.1) is 11.4 Å². The van der Waals surface area contributed by atoms with Crippen molar-refractivity contribution in [2.45, 2.75) is 25.9 Å². The fourth-order valence-electron chi connectivity index (χ4n) is 1.58. The Hall–Kier alpha value is -0.980. The molecule has 18 heavy (non-hydrogen) atoms. The van der Waals surface area contributed by atoms with Crippen LogP contribution >= 0.6 is 0 Å². The number of pyridine rings is 1. The zero-order valence-electron chi connectivity index (χ0n) is 11.0. The van der Waals surface area contributed by atoms with Gasteiger partial charge in [0.2, 0.25) is 10.0 Å². The van der Waals surface area contributed by atoms with E-state index in [2.05, 4.69) is 4.98 Å². The second kappa shape index (κ2) is 5.77. The van der Waals surface area contributed by atoms with Gasteiger partial charge in [0.25, 0.3) is 0 Å². The van der Waals surface area contributed by atoms with Gasteiger partial charge in [0.15, 0.2) is 0 Å². The summed E-state index contributed by atoms with van der Waals surface area (Å²) in [4.78, 5) is 4.08. The van der Waals surface area contributed by atoms with Crippen LogP contribution < -0.4 is 0 Å². The van der Waals surface area contributed by atoms with Gasteiger partial charge in [0.1, 0.15) is 0 Å². The molecule has 1 aromatic heterocycles. The van der Waals surface area contributed by atoms with Gasteiger partial charge in [-0.05, 0) is 26.0 Å². The van der Waals surface area contributed by atoms with Crippen LogP contribution in [-0.2, 0) is 16.4 Å². The lowest BCUT2D eigenvalue weighted by Gasteiger charge is -2.24. The predicted molar refractivity (Wildman–Crippen MR) is 70.7 cm³/mol. The summed E-state index contributed by atoms with van der Waals surface area (Å²) in [7, 11) is -1.88. The molecule has 1 aromatic rings. The Kier molecular flexibility index (Phi) is 4.84. The molecule has 1 N–H and O–H groups in total. The second-order valence-corrected chi connectivity index (χ2v) is 7.15. The highest BCUT2D eigenvalue weighted by molar-refractivity contribution is 7.89. The number of aliphatic hydroxyl groups is 1. The number of likely N-dealkylation sites (N-methyl/N-ethyl adjacent to an activating group) is 1. The van der Waals surface area contributed by atoms with Crippen LogP contribution in [0.5, 0.6) is 0 Å². The molecule has 0 aromatic carbocycles. The van der Waals surface area contributed by atoms with Crippen molar-refractivity contribution in [1.29, 1.82) is 0 Å². The Morgan fingerprint density at radius 2 is 2.06 bits per heavy atom. The van der Waals surface area contributed by atoms with Crippen molar-refractivity contribution < 1.29 is 13.5 Å². The van der Waals surface area contributed by atoms with E-state index in [-0.39, 0.29) is 12.3 Å². The lowest BCUT2D eigenvalue weighted by Crippen LogP contribution is -2.40. The van der Waals surface area contributed by atoms with Gasteiger partial charge >= 0.3 is 0 Å². The van der Waals surface area contributed by atoms with Crippen LogP contribution in [0.25, 0.3) is 0 Å². The minimum Gasteiger partial charge on any atom is -0.389 e. The van der Waals surface area contributed by atoms with Crippen molar-refractivity contribution >= 4 is 10.0 Å². The van der Waals surface area contributed by atoms with Gasteiger partial charge in [-0.15, -0.1) is 0 Å². The molecule has 0 unspecified atom stereocenters. The normalized spacial score (nSPS) is 12.9. The van der Waals surface area contributed by atoms with Crippen LogP contribution in [0.2, 0.25) is 0 Å². The molecule has 0 aliphatic carbocycles. The molecule has 0 radical (unpaired) electrons. The van der Waals surface area contributed by atoms with Gasteiger partial charge in [-0.3, -0.25) is 4.98 Å². The van der Waals surface area contributed by atoms with E-state index < -0.39 is 15.6 Å². The number of hydrogen-bond acceptors (Lipinski definition) is 4. The van der Waals surface area contributed by atoms with Gasteiger partial charge in [-0.25, -0.2) is 12.7 Å². The van der Waals surface area contributed by atoms with Crippen LogP contribution in [0.3, 0.4) is 0 Å². The quantitative estimate of drug-likeness (QED) is 0.825. The zero-order chi connectivity index (χ0) is 13.8. The highest BCUT2D eigenvalue weighted by Gasteiger charge is 2.24. The molecule has 0 amide bonds. The van der Waals surface area contributed by atoms with Crippen LogP contribution in [-0.4, -0.2) is 47.8 Å².